The van der Waals surface area contributed by atoms with Crippen molar-refractivity contribution < 1.29 is 24.2 Å². The molecule has 1 aliphatic carbocycles. The van der Waals surface area contributed by atoms with Gasteiger partial charge in [0.2, 0.25) is 0 Å². The van der Waals surface area contributed by atoms with Crippen molar-refractivity contribution in [3.63, 3.8) is 0 Å². The number of nitrogens with zero attached hydrogens (tertiary/aromatic N) is 2. The lowest BCUT2D eigenvalue weighted by molar-refractivity contribution is -0.159. The third-order valence-electron chi connectivity index (χ3n) is 5.44. The van der Waals surface area contributed by atoms with Crippen LogP contribution >= 0.6 is 0 Å². The number of halogens is 1. The first-order valence-electron chi connectivity index (χ1n) is 9.53. The molecule has 1 aromatic rings. The second-order valence-corrected chi connectivity index (χ2v) is 7.43. The largest absolute Gasteiger partial charge is 0.473 e. The summed E-state index contributed by atoms with van der Waals surface area (Å²) >= 11 is 0. The topological polar surface area (TPSA) is 81.1 Å². The van der Waals surface area contributed by atoms with Crippen LogP contribution in [-0.4, -0.2) is 64.2 Å². The second-order valence-electron chi connectivity index (χ2n) is 7.43. The molecule has 0 amide bonds. The molecule has 6 nitrogen and oxygen atoms in total. The number of piperazine rings is 1. The molecule has 0 atom stereocenters. The average molecular weight is 380 g/mol. The third kappa shape index (κ3) is 6.92. The van der Waals surface area contributed by atoms with E-state index < -0.39 is 11.9 Å². The van der Waals surface area contributed by atoms with Crippen molar-refractivity contribution in [3.05, 3.63) is 35.6 Å². The molecule has 150 valence electrons. The molecule has 0 aromatic heterocycles. The Morgan fingerprint density at radius 2 is 1.56 bits per heavy atom. The second kappa shape index (κ2) is 10.4. The number of hydrogen-bond donors (Lipinski definition) is 2. The molecule has 2 N–H and O–H groups in total. The molecule has 1 heterocycles. The SMILES string of the molecule is CC1CCC(N2CCN(Cc3ccccc3F)CC2)CC1.O=C(O)C(=O)O. The molecule has 7 heteroatoms. The standard InChI is InChI=1S/C18H27FN2.C2H2O4/c1-15-6-8-17(9-7-15)21-12-10-20(11-13-21)14-16-4-2-3-5-18(16)19;3-1(4)2(5)6/h2-5,15,17H,6-14H2,1H3;(H,3,4)(H,5,6). The van der Waals surface area contributed by atoms with Gasteiger partial charge in [-0.2, -0.15) is 0 Å². The Bertz CT molecular complexity index is 612. The predicted octanol–water partition coefficient (Wildman–Crippen LogP) is 2.68. The van der Waals surface area contributed by atoms with Gasteiger partial charge in [-0.05, 0) is 37.7 Å². The lowest BCUT2D eigenvalue weighted by Crippen LogP contribution is -2.50. The zero-order valence-electron chi connectivity index (χ0n) is 15.8. The van der Waals surface area contributed by atoms with E-state index in [2.05, 4.69) is 16.7 Å². The van der Waals surface area contributed by atoms with Gasteiger partial charge in [-0.25, -0.2) is 14.0 Å². The average Bonchev–Trinajstić information content (AvgIpc) is 2.65. The van der Waals surface area contributed by atoms with E-state index in [4.69, 9.17) is 19.8 Å². The van der Waals surface area contributed by atoms with Crippen LogP contribution in [0.4, 0.5) is 4.39 Å². The zero-order chi connectivity index (χ0) is 19.8. The Morgan fingerprint density at radius 3 is 2.07 bits per heavy atom. The van der Waals surface area contributed by atoms with E-state index in [0.29, 0.717) is 0 Å². The van der Waals surface area contributed by atoms with Gasteiger partial charge in [-0.1, -0.05) is 25.1 Å². The molecule has 0 unspecified atom stereocenters. The van der Waals surface area contributed by atoms with Crippen LogP contribution < -0.4 is 0 Å². The molecular formula is C20H29FN2O4. The molecule has 1 aliphatic heterocycles. The summed E-state index contributed by atoms with van der Waals surface area (Å²) in [5.74, 6) is -2.80. The monoisotopic (exact) mass is 380 g/mol. The fourth-order valence-corrected chi connectivity index (χ4v) is 3.76. The van der Waals surface area contributed by atoms with Gasteiger partial charge in [0, 0.05) is 44.3 Å². The molecular weight excluding hydrogens is 351 g/mol. The summed E-state index contributed by atoms with van der Waals surface area (Å²) in [5, 5.41) is 14.8. The summed E-state index contributed by atoms with van der Waals surface area (Å²) in [6.07, 6.45) is 5.52. The van der Waals surface area contributed by atoms with E-state index in [1.165, 1.54) is 25.7 Å². The van der Waals surface area contributed by atoms with Crippen LogP contribution in [0.3, 0.4) is 0 Å². The van der Waals surface area contributed by atoms with Crippen molar-refractivity contribution in [2.45, 2.75) is 45.2 Å². The summed E-state index contributed by atoms with van der Waals surface area (Å²) in [5.41, 5.74) is 0.831. The lowest BCUT2D eigenvalue weighted by Gasteiger charge is -2.41. The Balaban J connectivity index is 0.000000380. The number of rotatable bonds is 3. The predicted molar refractivity (Wildman–Crippen MR) is 99.9 cm³/mol. The Hall–Kier alpha value is -1.99. The van der Waals surface area contributed by atoms with Crippen molar-refractivity contribution in [1.29, 1.82) is 0 Å². The molecule has 1 saturated carbocycles. The molecule has 0 spiro atoms. The first kappa shape index (κ1) is 21.3. The van der Waals surface area contributed by atoms with Gasteiger partial charge in [-0.3, -0.25) is 9.80 Å². The van der Waals surface area contributed by atoms with Crippen molar-refractivity contribution in [2.24, 2.45) is 5.92 Å². The highest BCUT2D eigenvalue weighted by Gasteiger charge is 2.27. The third-order valence-corrected chi connectivity index (χ3v) is 5.44. The van der Waals surface area contributed by atoms with E-state index in [1.807, 2.05) is 12.1 Å². The van der Waals surface area contributed by atoms with Crippen LogP contribution in [-0.2, 0) is 16.1 Å². The van der Waals surface area contributed by atoms with Crippen LogP contribution in [0, 0.1) is 11.7 Å². The highest BCUT2D eigenvalue weighted by Crippen LogP contribution is 2.27. The van der Waals surface area contributed by atoms with E-state index in [1.54, 1.807) is 12.1 Å². The highest BCUT2D eigenvalue weighted by atomic mass is 19.1. The van der Waals surface area contributed by atoms with E-state index in [-0.39, 0.29) is 5.82 Å². The van der Waals surface area contributed by atoms with Crippen molar-refractivity contribution >= 4 is 11.9 Å². The summed E-state index contributed by atoms with van der Waals surface area (Å²) < 4.78 is 13.7. The van der Waals surface area contributed by atoms with Gasteiger partial charge >= 0.3 is 11.9 Å². The highest BCUT2D eigenvalue weighted by molar-refractivity contribution is 6.27. The van der Waals surface area contributed by atoms with Gasteiger partial charge in [0.05, 0.1) is 0 Å². The maximum Gasteiger partial charge on any atom is 0.414 e. The zero-order valence-corrected chi connectivity index (χ0v) is 15.8. The van der Waals surface area contributed by atoms with Crippen LogP contribution in [0.25, 0.3) is 0 Å². The molecule has 2 aliphatic rings. The number of hydrogen-bond acceptors (Lipinski definition) is 4. The summed E-state index contributed by atoms with van der Waals surface area (Å²) in [7, 11) is 0. The summed E-state index contributed by atoms with van der Waals surface area (Å²) in [6.45, 7) is 7.56. The van der Waals surface area contributed by atoms with E-state index >= 15 is 0 Å². The number of aliphatic carboxylic acids is 2. The Morgan fingerprint density at radius 1 is 1.00 bits per heavy atom. The smallest absolute Gasteiger partial charge is 0.414 e. The molecule has 3 rings (SSSR count). The number of benzene rings is 1. The molecule has 2 fully saturated rings. The molecule has 27 heavy (non-hydrogen) atoms. The minimum absolute atomic E-state index is 0.0683. The van der Waals surface area contributed by atoms with Crippen LogP contribution in [0.1, 0.15) is 38.2 Å². The fourth-order valence-electron chi connectivity index (χ4n) is 3.76. The van der Waals surface area contributed by atoms with Crippen molar-refractivity contribution in [1.82, 2.24) is 9.80 Å². The van der Waals surface area contributed by atoms with Gasteiger partial charge in [0.25, 0.3) is 0 Å². The van der Waals surface area contributed by atoms with Gasteiger partial charge < -0.3 is 10.2 Å². The van der Waals surface area contributed by atoms with Crippen LogP contribution in [0.5, 0.6) is 0 Å². The lowest BCUT2D eigenvalue weighted by atomic mass is 9.86. The summed E-state index contributed by atoms with van der Waals surface area (Å²) in [6, 6.07) is 7.97. The summed E-state index contributed by atoms with van der Waals surface area (Å²) in [4.78, 5) is 23.3. The van der Waals surface area contributed by atoms with E-state index in [0.717, 1.165) is 50.2 Å². The molecule has 1 aromatic carbocycles. The fraction of sp³-hybridized carbons (Fsp3) is 0.600. The van der Waals surface area contributed by atoms with Crippen LogP contribution in [0.15, 0.2) is 24.3 Å². The number of carbonyl (C=O) groups is 2. The normalized spacial score (nSPS) is 23.9. The molecule has 0 radical (unpaired) electrons. The van der Waals surface area contributed by atoms with Crippen molar-refractivity contribution in [2.75, 3.05) is 26.2 Å². The Kier molecular flexibility index (Phi) is 8.19. The minimum atomic E-state index is -1.82. The van der Waals surface area contributed by atoms with Crippen molar-refractivity contribution in [3.8, 4) is 0 Å². The van der Waals surface area contributed by atoms with Gasteiger partial charge in [0.15, 0.2) is 0 Å². The quantitative estimate of drug-likeness (QED) is 0.785. The van der Waals surface area contributed by atoms with Crippen LogP contribution in [0.2, 0.25) is 0 Å². The number of carboxylic acid groups (broad SMARTS) is 2. The van der Waals surface area contributed by atoms with Gasteiger partial charge in [0.1, 0.15) is 5.82 Å². The molecule has 1 saturated heterocycles. The minimum Gasteiger partial charge on any atom is -0.473 e. The first-order chi connectivity index (χ1) is 12.9. The first-order valence-corrected chi connectivity index (χ1v) is 9.53. The molecule has 0 bridgehead atoms. The number of carboxylic acids is 2. The maximum absolute atomic E-state index is 13.7. The maximum atomic E-state index is 13.7. The van der Waals surface area contributed by atoms with E-state index in [9.17, 15) is 4.39 Å². The van der Waals surface area contributed by atoms with Gasteiger partial charge in [-0.15, -0.1) is 0 Å². The Labute approximate surface area is 159 Å².